The molecule has 3 amide bonds. The summed E-state index contributed by atoms with van der Waals surface area (Å²) in [6, 6.07) is 13.3. The topological polar surface area (TPSA) is 96.5 Å². The van der Waals surface area contributed by atoms with E-state index in [1.165, 1.54) is 0 Å². The molecule has 0 aliphatic carbocycles. The molecule has 3 N–H and O–H groups in total. The number of furan rings is 2. The van der Waals surface area contributed by atoms with Gasteiger partial charge >= 0.3 is 6.03 Å². The van der Waals surface area contributed by atoms with Gasteiger partial charge in [-0.1, -0.05) is 0 Å². The Morgan fingerprint density at radius 2 is 1.68 bits per heavy atom. The minimum absolute atomic E-state index is 0.247. The van der Waals surface area contributed by atoms with Gasteiger partial charge in [-0.2, -0.15) is 0 Å². The number of amides is 3. The van der Waals surface area contributed by atoms with E-state index in [9.17, 15) is 9.59 Å². The van der Waals surface area contributed by atoms with Crippen molar-refractivity contribution in [2.45, 2.75) is 13.5 Å². The van der Waals surface area contributed by atoms with E-state index in [2.05, 4.69) is 16.0 Å². The highest BCUT2D eigenvalue weighted by molar-refractivity contribution is 6.02. The van der Waals surface area contributed by atoms with Crippen molar-refractivity contribution in [1.82, 2.24) is 5.32 Å². The molecule has 0 saturated heterocycles. The molecule has 2 aromatic heterocycles. The third-order valence-electron chi connectivity index (χ3n) is 3.37. The van der Waals surface area contributed by atoms with Crippen molar-refractivity contribution < 1.29 is 18.4 Å². The summed E-state index contributed by atoms with van der Waals surface area (Å²) in [6.07, 6.45) is 1.55. The Morgan fingerprint density at radius 3 is 2.28 bits per heavy atom. The molecule has 25 heavy (non-hydrogen) atoms. The molecule has 0 atom stereocenters. The summed E-state index contributed by atoms with van der Waals surface area (Å²) in [7, 11) is 0. The summed E-state index contributed by atoms with van der Waals surface area (Å²) < 4.78 is 10.4. The Labute approximate surface area is 144 Å². The van der Waals surface area contributed by atoms with Crippen LogP contribution in [0.15, 0.2) is 63.6 Å². The first kappa shape index (κ1) is 16.4. The summed E-state index contributed by atoms with van der Waals surface area (Å²) in [5.74, 6) is 1.26. The first-order chi connectivity index (χ1) is 12.1. The first-order valence-electron chi connectivity index (χ1n) is 7.65. The second-order valence-electron chi connectivity index (χ2n) is 5.33. The van der Waals surface area contributed by atoms with Crippen LogP contribution in [0, 0.1) is 6.92 Å². The maximum atomic E-state index is 12.0. The van der Waals surface area contributed by atoms with Gasteiger partial charge in [-0.25, -0.2) is 4.79 Å². The van der Waals surface area contributed by atoms with Crippen LogP contribution in [0.25, 0.3) is 0 Å². The standard InChI is InChI=1S/C18H17N3O4/c1-12-4-9-16(25-12)17(22)20-13-5-7-14(8-6-13)21-18(23)19-11-15-3-2-10-24-15/h2-10H,11H2,1H3,(H,20,22)(H2,19,21,23). The first-order valence-corrected chi connectivity index (χ1v) is 7.65. The largest absolute Gasteiger partial charge is 0.467 e. The maximum absolute atomic E-state index is 12.0. The lowest BCUT2D eigenvalue weighted by Crippen LogP contribution is -2.27. The van der Waals surface area contributed by atoms with Gasteiger partial charge in [-0.3, -0.25) is 4.79 Å². The third-order valence-corrected chi connectivity index (χ3v) is 3.37. The highest BCUT2D eigenvalue weighted by Crippen LogP contribution is 2.15. The molecule has 2 heterocycles. The van der Waals surface area contributed by atoms with E-state index in [1.807, 2.05) is 0 Å². The molecule has 0 bridgehead atoms. The Kier molecular flexibility index (Phi) is 4.84. The minimum atomic E-state index is -0.348. The quantitative estimate of drug-likeness (QED) is 0.659. The summed E-state index contributed by atoms with van der Waals surface area (Å²) in [4.78, 5) is 23.8. The second kappa shape index (κ2) is 7.39. The van der Waals surface area contributed by atoms with Crippen molar-refractivity contribution >= 4 is 23.3 Å². The zero-order chi connectivity index (χ0) is 17.6. The maximum Gasteiger partial charge on any atom is 0.319 e. The van der Waals surface area contributed by atoms with E-state index in [0.717, 1.165) is 0 Å². The van der Waals surface area contributed by atoms with E-state index < -0.39 is 0 Å². The van der Waals surface area contributed by atoms with Crippen LogP contribution < -0.4 is 16.0 Å². The van der Waals surface area contributed by atoms with E-state index in [0.29, 0.717) is 29.4 Å². The fraction of sp³-hybridized carbons (Fsp3) is 0.111. The van der Waals surface area contributed by atoms with Gasteiger partial charge in [0.15, 0.2) is 5.76 Å². The van der Waals surface area contributed by atoms with Gasteiger partial charge in [0.2, 0.25) is 0 Å². The fourth-order valence-corrected chi connectivity index (χ4v) is 2.14. The van der Waals surface area contributed by atoms with Gasteiger partial charge in [0.25, 0.3) is 5.91 Å². The molecule has 0 aliphatic heterocycles. The number of benzene rings is 1. The van der Waals surface area contributed by atoms with Crippen molar-refractivity contribution in [2.75, 3.05) is 10.6 Å². The molecule has 3 rings (SSSR count). The average Bonchev–Trinajstić information content (AvgIpc) is 3.26. The summed E-state index contributed by atoms with van der Waals surface area (Å²) in [6.45, 7) is 2.07. The number of nitrogens with one attached hydrogen (secondary N) is 3. The average molecular weight is 339 g/mol. The highest BCUT2D eigenvalue weighted by Gasteiger charge is 2.10. The number of aryl methyl sites for hydroxylation is 1. The Hall–Kier alpha value is -3.48. The Bertz CT molecular complexity index is 851. The number of carbonyl (C=O) groups is 2. The van der Waals surface area contributed by atoms with Gasteiger partial charge in [0.1, 0.15) is 11.5 Å². The van der Waals surface area contributed by atoms with Crippen molar-refractivity contribution in [2.24, 2.45) is 0 Å². The van der Waals surface area contributed by atoms with Crippen LogP contribution in [0.2, 0.25) is 0 Å². The number of urea groups is 1. The number of carbonyl (C=O) groups excluding carboxylic acids is 2. The van der Waals surface area contributed by atoms with Crippen LogP contribution >= 0.6 is 0 Å². The van der Waals surface area contributed by atoms with E-state index >= 15 is 0 Å². The van der Waals surface area contributed by atoms with Crippen LogP contribution in [-0.4, -0.2) is 11.9 Å². The SMILES string of the molecule is Cc1ccc(C(=O)Nc2ccc(NC(=O)NCc3ccco3)cc2)o1. The lowest BCUT2D eigenvalue weighted by molar-refractivity contribution is 0.0995. The van der Waals surface area contributed by atoms with Crippen molar-refractivity contribution in [1.29, 1.82) is 0 Å². The fourth-order valence-electron chi connectivity index (χ4n) is 2.14. The molecular formula is C18H17N3O4. The number of hydrogen-bond acceptors (Lipinski definition) is 4. The number of rotatable bonds is 5. The number of hydrogen-bond donors (Lipinski definition) is 3. The molecule has 3 aromatic rings. The predicted octanol–water partition coefficient (Wildman–Crippen LogP) is 3.76. The van der Waals surface area contributed by atoms with E-state index in [1.54, 1.807) is 61.7 Å². The van der Waals surface area contributed by atoms with Gasteiger partial charge < -0.3 is 24.8 Å². The summed E-state index contributed by atoms with van der Waals surface area (Å²) in [5, 5.41) is 8.10. The molecule has 1 aromatic carbocycles. The molecule has 0 aliphatic rings. The van der Waals surface area contributed by atoms with Gasteiger partial charge in [0.05, 0.1) is 12.8 Å². The van der Waals surface area contributed by atoms with Crippen LogP contribution in [0.4, 0.5) is 16.2 Å². The molecule has 0 radical (unpaired) electrons. The minimum Gasteiger partial charge on any atom is -0.467 e. The zero-order valence-corrected chi connectivity index (χ0v) is 13.5. The lowest BCUT2D eigenvalue weighted by atomic mass is 10.2. The smallest absolute Gasteiger partial charge is 0.319 e. The van der Waals surface area contributed by atoms with Crippen LogP contribution in [0.3, 0.4) is 0 Å². The zero-order valence-electron chi connectivity index (χ0n) is 13.5. The molecule has 7 heteroatoms. The molecule has 0 fully saturated rings. The molecule has 7 nitrogen and oxygen atoms in total. The summed E-state index contributed by atoms with van der Waals surface area (Å²) in [5.41, 5.74) is 1.20. The second-order valence-corrected chi connectivity index (χ2v) is 5.33. The van der Waals surface area contributed by atoms with Gasteiger partial charge in [-0.15, -0.1) is 0 Å². The molecular weight excluding hydrogens is 322 g/mol. The van der Waals surface area contributed by atoms with E-state index in [4.69, 9.17) is 8.83 Å². The van der Waals surface area contributed by atoms with Crippen LogP contribution in [0.1, 0.15) is 22.1 Å². The summed E-state index contributed by atoms with van der Waals surface area (Å²) >= 11 is 0. The molecule has 0 unspecified atom stereocenters. The number of anilines is 2. The highest BCUT2D eigenvalue weighted by atomic mass is 16.3. The van der Waals surface area contributed by atoms with Crippen LogP contribution in [0.5, 0.6) is 0 Å². The van der Waals surface area contributed by atoms with Crippen molar-refractivity contribution in [3.63, 3.8) is 0 Å². The van der Waals surface area contributed by atoms with Crippen molar-refractivity contribution in [3.05, 3.63) is 72.1 Å². The van der Waals surface area contributed by atoms with E-state index in [-0.39, 0.29) is 17.7 Å². The monoisotopic (exact) mass is 339 g/mol. The molecule has 0 saturated carbocycles. The van der Waals surface area contributed by atoms with Crippen molar-refractivity contribution in [3.8, 4) is 0 Å². The molecule has 0 spiro atoms. The normalized spacial score (nSPS) is 10.3. The third kappa shape index (κ3) is 4.51. The predicted molar refractivity (Wildman–Crippen MR) is 92.4 cm³/mol. The lowest BCUT2D eigenvalue weighted by Gasteiger charge is -2.08. The van der Waals surface area contributed by atoms with Gasteiger partial charge in [-0.05, 0) is 55.5 Å². The Balaban J connectivity index is 1.51. The molecule has 128 valence electrons. The van der Waals surface area contributed by atoms with Crippen LogP contribution in [-0.2, 0) is 6.54 Å². The van der Waals surface area contributed by atoms with Gasteiger partial charge in [0, 0.05) is 11.4 Å². The Morgan fingerprint density at radius 1 is 0.960 bits per heavy atom.